The maximum Gasteiger partial charge on any atom is 0.233 e. The highest BCUT2D eigenvalue weighted by atomic mass is 16.5. The van der Waals surface area contributed by atoms with E-state index in [1.54, 1.807) is 11.0 Å². The number of hydrogen-bond acceptors (Lipinski definition) is 5. The third-order valence-electron chi connectivity index (χ3n) is 2.60. The van der Waals surface area contributed by atoms with Crippen molar-refractivity contribution in [3.05, 3.63) is 17.8 Å². The van der Waals surface area contributed by atoms with Crippen molar-refractivity contribution in [1.29, 1.82) is 0 Å². The van der Waals surface area contributed by atoms with E-state index in [2.05, 4.69) is 10.2 Å². The van der Waals surface area contributed by atoms with Gasteiger partial charge in [0.1, 0.15) is 0 Å². The third kappa shape index (κ3) is 2.71. The highest BCUT2D eigenvalue weighted by Gasteiger charge is 2.24. The van der Waals surface area contributed by atoms with Gasteiger partial charge in [-0.3, -0.25) is 4.79 Å². The monoisotopic (exact) mass is 237 g/mol. The van der Waals surface area contributed by atoms with E-state index in [4.69, 9.17) is 9.47 Å². The van der Waals surface area contributed by atoms with Gasteiger partial charge < -0.3 is 14.4 Å². The molecule has 1 aromatic rings. The minimum Gasteiger partial charge on any atom is -0.477 e. The minimum atomic E-state index is -0.149. The number of carbonyl (C=O) groups excluding carboxylic acids is 1. The number of carbonyl (C=O) groups is 1. The Kier molecular flexibility index (Phi) is 3.87. The van der Waals surface area contributed by atoms with Crippen LogP contribution in [0.5, 0.6) is 5.88 Å². The first-order valence-corrected chi connectivity index (χ1v) is 5.60. The van der Waals surface area contributed by atoms with Crippen LogP contribution in [0, 0.1) is 0 Å². The largest absolute Gasteiger partial charge is 0.477 e. The molecule has 2 rings (SSSR count). The van der Waals surface area contributed by atoms with Crippen molar-refractivity contribution >= 4 is 6.41 Å². The van der Waals surface area contributed by atoms with Crippen molar-refractivity contribution in [2.24, 2.45) is 0 Å². The van der Waals surface area contributed by atoms with E-state index in [0.717, 1.165) is 12.1 Å². The molecule has 1 aliphatic rings. The van der Waals surface area contributed by atoms with Gasteiger partial charge in [0.15, 0.2) is 0 Å². The smallest absolute Gasteiger partial charge is 0.233 e. The molecule has 1 atom stereocenters. The summed E-state index contributed by atoms with van der Waals surface area (Å²) in [6.45, 7) is 4.06. The second-order valence-corrected chi connectivity index (χ2v) is 3.66. The zero-order valence-corrected chi connectivity index (χ0v) is 9.70. The average Bonchev–Trinajstić information content (AvgIpc) is 2.40. The lowest BCUT2D eigenvalue weighted by molar-refractivity contribution is -0.126. The van der Waals surface area contributed by atoms with Gasteiger partial charge in [0.2, 0.25) is 12.3 Å². The second-order valence-electron chi connectivity index (χ2n) is 3.66. The molecule has 17 heavy (non-hydrogen) atoms. The topological polar surface area (TPSA) is 64.6 Å². The Morgan fingerprint density at radius 2 is 2.47 bits per heavy atom. The van der Waals surface area contributed by atoms with Crippen LogP contribution in [-0.4, -0.2) is 47.9 Å². The van der Waals surface area contributed by atoms with E-state index in [9.17, 15) is 4.79 Å². The Morgan fingerprint density at radius 1 is 1.59 bits per heavy atom. The first-order valence-electron chi connectivity index (χ1n) is 5.60. The Labute approximate surface area is 99.5 Å². The molecular formula is C11H15N3O3. The molecule has 0 radical (unpaired) electrons. The van der Waals surface area contributed by atoms with Gasteiger partial charge in [0.25, 0.3) is 0 Å². The summed E-state index contributed by atoms with van der Waals surface area (Å²) in [6.07, 6.45) is 0.825. The van der Waals surface area contributed by atoms with Gasteiger partial charge in [0.05, 0.1) is 31.6 Å². The predicted octanol–water partition coefficient (Wildman–Crippen LogP) is 0.405. The van der Waals surface area contributed by atoms with Gasteiger partial charge >= 0.3 is 0 Å². The lowest BCUT2D eigenvalue weighted by atomic mass is 10.1. The number of amides is 1. The Morgan fingerprint density at radius 3 is 3.12 bits per heavy atom. The summed E-state index contributed by atoms with van der Waals surface area (Å²) in [5.41, 5.74) is 0.722. The highest BCUT2D eigenvalue weighted by Crippen LogP contribution is 2.21. The molecule has 0 bridgehead atoms. The van der Waals surface area contributed by atoms with Crippen molar-refractivity contribution in [3.8, 4) is 5.88 Å². The van der Waals surface area contributed by atoms with Crippen LogP contribution in [-0.2, 0) is 9.53 Å². The van der Waals surface area contributed by atoms with E-state index in [0.29, 0.717) is 32.2 Å². The lowest BCUT2D eigenvalue weighted by Gasteiger charge is -2.31. The maximum absolute atomic E-state index is 10.9. The molecule has 0 spiro atoms. The van der Waals surface area contributed by atoms with Crippen LogP contribution in [0.1, 0.15) is 18.7 Å². The molecule has 1 amide bonds. The summed E-state index contributed by atoms with van der Waals surface area (Å²) in [7, 11) is 0. The van der Waals surface area contributed by atoms with Crippen LogP contribution in [0.3, 0.4) is 0 Å². The molecule has 2 heterocycles. The maximum atomic E-state index is 10.9. The fraction of sp³-hybridized carbons (Fsp3) is 0.545. The van der Waals surface area contributed by atoms with Crippen molar-refractivity contribution in [2.45, 2.75) is 13.0 Å². The molecule has 6 nitrogen and oxygen atoms in total. The normalized spacial score (nSPS) is 20.1. The van der Waals surface area contributed by atoms with E-state index in [-0.39, 0.29) is 6.04 Å². The average molecular weight is 237 g/mol. The van der Waals surface area contributed by atoms with Gasteiger partial charge in [-0.1, -0.05) is 0 Å². The molecule has 0 saturated carbocycles. The molecule has 0 N–H and O–H groups in total. The van der Waals surface area contributed by atoms with Gasteiger partial charge in [0, 0.05) is 12.6 Å². The molecule has 0 aliphatic carbocycles. The van der Waals surface area contributed by atoms with Crippen molar-refractivity contribution in [1.82, 2.24) is 15.1 Å². The summed E-state index contributed by atoms with van der Waals surface area (Å²) in [4.78, 5) is 12.6. The van der Waals surface area contributed by atoms with E-state index in [1.165, 1.54) is 0 Å². The number of hydrogen-bond donors (Lipinski definition) is 0. The number of morpholine rings is 1. The molecule has 1 saturated heterocycles. The van der Waals surface area contributed by atoms with Crippen molar-refractivity contribution < 1.29 is 14.3 Å². The molecule has 92 valence electrons. The first-order chi connectivity index (χ1) is 8.35. The number of rotatable bonds is 4. The van der Waals surface area contributed by atoms with E-state index < -0.39 is 0 Å². The summed E-state index contributed by atoms with van der Waals surface area (Å²) < 4.78 is 10.6. The quantitative estimate of drug-likeness (QED) is 0.709. The molecule has 1 aromatic heterocycles. The third-order valence-corrected chi connectivity index (χ3v) is 2.60. The Balaban J connectivity index is 2.11. The molecule has 0 aromatic carbocycles. The molecule has 1 fully saturated rings. The number of aromatic nitrogens is 2. The number of nitrogens with zero attached hydrogens (tertiary/aromatic N) is 3. The number of ether oxygens (including phenoxy) is 2. The van der Waals surface area contributed by atoms with Gasteiger partial charge in [-0.05, 0) is 13.0 Å². The van der Waals surface area contributed by atoms with Gasteiger partial charge in [-0.25, -0.2) is 0 Å². The minimum absolute atomic E-state index is 0.149. The summed E-state index contributed by atoms with van der Waals surface area (Å²) in [5, 5.41) is 8.01. The summed E-state index contributed by atoms with van der Waals surface area (Å²) in [5.74, 6) is 0.491. The predicted molar refractivity (Wildman–Crippen MR) is 59.5 cm³/mol. The van der Waals surface area contributed by atoms with Crippen LogP contribution in [0.4, 0.5) is 0 Å². The van der Waals surface area contributed by atoms with Crippen molar-refractivity contribution in [3.63, 3.8) is 0 Å². The molecular weight excluding hydrogens is 222 g/mol. The molecule has 6 heteroatoms. The van der Waals surface area contributed by atoms with Crippen LogP contribution >= 0.6 is 0 Å². The Bertz CT molecular complexity index is 369. The van der Waals surface area contributed by atoms with Gasteiger partial charge in [-0.2, -0.15) is 0 Å². The zero-order valence-electron chi connectivity index (χ0n) is 9.70. The van der Waals surface area contributed by atoms with Crippen LogP contribution in [0.15, 0.2) is 12.1 Å². The Hall–Kier alpha value is -1.69. The lowest BCUT2D eigenvalue weighted by Crippen LogP contribution is -2.38. The van der Waals surface area contributed by atoms with Crippen LogP contribution < -0.4 is 4.74 Å². The fourth-order valence-corrected chi connectivity index (χ4v) is 1.73. The fourth-order valence-electron chi connectivity index (χ4n) is 1.73. The van der Waals surface area contributed by atoms with Gasteiger partial charge in [-0.15, -0.1) is 10.2 Å². The molecule has 0 unspecified atom stereocenters. The molecule has 1 aliphatic heterocycles. The second kappa shape index (κ2) is 5.58. The highest BCUT2D eigenvalue weighted by molar-refractivity contribution is 5.48. The van der Waals surface area contributed by atoms with Crippen LogP contribution in [0.2, 0.25) is 0 Å². The van der Waals surface area contributed by atoms with Crippen LogP contribution in [0.25, 0.3) is 0 Å². The SMILES string of the molecule is CCOc1ccc([C@H]2COCCN2C=O)nn1. The first kappa shape index (κ1) is 11.8. The van der Waals surface area contributed by atoms with Crippen molar-refractivity contribution in [2.75, 3.05) is 26.4 Å². The van der Waals surface area contributed by atoms with E-state index in [1.807, 2.05) is 13.0 Å². The van der Waals surface area contributed by atoms with E-state index >= 15 is 0 Å². The summed E-state index contributed by atoms with van der Waals surface area (Å²) >= 11 is 0. The standard InChI is InChI=1S/C11H15N3O3/c1-2-17-11-4-3-9(12-13-11)10-7-16-6-5-14(10)8-15/h3-4,8,10H,2,5-7H2,1H3/t10-/m1/s1. The zero-order chi connectivity index (χ0) is 12.1. The summed E-state index contributed by atoms with van der Waals surface area (Å²) in [6, 6.07) is 3.42.